The molecule has 0 atom stereocenters. The summed E-state index contributed by atoms with van der Waals surface area (Å²) in [4.78, 5) is 26.7. The average molecular weight is 417 g/mol. The largest absolute Gasteiger partial charge is 0.508 e. The number of piperidine rings is 1. The molecule has 0 aliphatic carbocycles. The number of Topliss-reactive ketones (excluding diaryl/α,β-unsaturated/α-hetero) is 1. The van der Waals surface area contributed by atoms with E-state index < -0.39 is 0 Å². The number of benzene rings is 2. The number of urea groups is 1. The number of carbonyl (C=O) groups is 2. The topological polar surface area (TPSA) is 69.6 Å². The molecule has 1 aliphatic heterocycles. The molecule has 0 unspecified atom stereocenters. The quantitative estimate of drug-likeness (QED) is 0.718. The number of ketones is 1. The number of likely N-dealkylation sites (tertiary alicyclic amines) is 1. The van der Waals surface area contributed by atoms with Gasteiger partial charge in [0, 0.05) is 34.7 Å². The van der Waals surface area contributed by atoms with Crippen molar-refractivity contribution in [1.82, 2.24) is 4.90 Å². The van der Waals surface area contributed by atoms with Gasteiger partial charge in [-0.3, -0.25) is 4.79 Å². The molecule has 1 saturated heterocycles. The zero-order valence-corrected chi connectivity index (χ0v) is 16.1. The van der Waals surface area contributed by atoms with Gasteiger partial charge in [0.05, 0.1) is 0 Å². The highest BCUT2D eigenvalue weighted by molar-refractivity contribution is 9.10. The van der Waals surface area contributed by atoms with Crippen molar-refractivity contribution in [2.75, 3.05) is 18.4 Å². The number of anilines is 1. The van der Waals surface area contributed by atoms with Crippen LogP contribution in [-0.4, -0.2) is 34.9 Å². The second-order valence-electron chi connectivity index (χ2n) is 6.57. The van der Waals surface area contributed by atoms with Crippen molar-refractivity contribution in [2.24, 2.45) is 5.92 Å². The fourth-order valence-corrected chi connectivity index (χ4v) is 3.38. The molecule has 2 aromatic carbocycles. The fourth-order valence-electron chi connectivity index (χ4n) is 3.13. The Balaban J connectivity index is 1.55. The van der Waals surface area contributed by atoms with E-state index in [4.69, 9.17) is 0 Å². The second kappa shape index (κ2) is 7.91. The summed E-state index contributed by atoms with van der Waals surface area (Å²) in [5.74, 6) is 0.142. The molecule has 0 radical (unpaired) electrons. The number of phenols is 1. The van der Waals surface area contributed by atoms with E-state index in [1.54, 1.807) is 17.0 Å². The summed E-state index contributed by atoms with van der Waals surface area (Å²) in [6, 6.07) is 11.9. The van der Waals surface area contributed by atoms with E-state index in [2.05, 4.69) is 21.2 Å². The number of nitrogens with one attached hydrogen (secondary N) is 1. The van der Waals surface area contributed by atoms with Crippen LogP contribution < -0.4 is 5.32 Å². The normalized spacial score (nSPS) is 14.9. The Hall–Kier alpha value is -2.34. The van der Waals surface area contributed by atoms with E-state index in [1.807, 2.05) is 25.1 Å². The van der Waals surface area contributed by atoms with Crippen molar-refractivity contribution < 1.29 is 14.7 Å². The third kappa shape index (κ3) is 4.25. The van der Waals surface area contributed by atoms with Gasteiger partial charge in [-0.05, 0) is 67.8 Å². The Morgan fingerprint density at radius 3 is 2.38 bits per heavy atom. The van der Waals surface area contributed by atoms with Crippen molar-refractivity contribution in [3.63, 3.8) is 0 Å². The summed E-state index contributed by atoms with van der Waals surface area (Å²) in [5.41, 5.74) is 2.43. The van der Waals surface area contributed by atoms with Gasteiger partial charge in [0.25, 0.3) is 0 Å². The number of amides is 2. The number of phenolic OH excluding ortho intramolecular Hbond substituents is 1. The summed E-state index contributed by atoms with van der Waals surface area (Å²) in [7, 11) is 0. The van der Waals surface area contributed by atoms with Gasteiger partial charge in [-0.15, -0.1) is 0 Å². The summed E-state index contributed by atoms with van der Waals surface area (Å²) in [5, 5.41) is 12.2. The van der Waals surface area contributed by atoms with E-state index in [1.165, 1.54) is 12.1 Å². The molecule has 26 heavy (non-hydrogen) atoms. The number of carbonyl (C=O) groups excluding carboxylic acids is 2. The van der Waals surface area contributed by atoms with E-state index in [0.29, 0.717) is 31.5 Å². The zero-order chi connectivity index (χ0) is 18.7. The predicted molar refractivity (Wildman–Crippen MR) is 105 cm³/mol. The number of aryl methyl sites for hydroxylation is 1. The van der Waals surface area contributed by atoms with Gasteiger partial charge in [-0.2, -0.15) is 0 Å². The molecule has 1 heterocycles. The predicted octanol–water partition coefficient (Wildman–Crippen LogP) is 4.59. The molecule has 1 fully saturated rings. The Labute approximate surface area is 161 Å². The molecule has 0 bridgehead atoms. The summed E-state index contributed by atoms with van der Waals surface area (Å²) >= 11 is 3.45. The Morgan fingerprint density at radius 1 is 1.12 bits per heavy atom. The molecule has 2 amide bonds. The fraction of sp³-hybridized carbons (Fsp3) is 0.300. The van der Waals surface area contributed by atoms with Crippen LogP contribution >= 0.6 is 15.9 Å². The second-order valence-corrected chi connectivity index (χ2v) is 7.42. The van der Waals surface area contributed by atoms with Crippen molar-refractivity contribution in [1.29, 1.82) is 0 Å². The first-order chi connectivity index (χ1) is 12.4. The monoisotopic (exact) mass is 416 g/mol. The van der Waals surface area contributed by atoms with Crippen molar-refractivity contribution in [3.05, 3.63) is 58.1 Å². The van der Waals surface area contributed by atoms with Crippen LogP contribution in [0.2, 0.25) is 0 Å². The van der Waals surface area contributed by atoms with Gasteiger partial charge >= 0.3 is 6.03 Å². The SMILES string of the molecule is Cc1cc(NC(=O)N2CCC(C(=O)c3ccc(O)cc3)CC2)ccc1Br. The molecule has 5 nitrogen and oxygen atoms in total. The average Bonchev–Trinajstić information content (AvgIpc) is 2.65. The third-order valence-corrected chi connectivity index (χ3v) is 5.60. The lowest BCUT2D eigenvalue weighted by molar-refractivity contribution is 0.0859. The number of hydrogen-bond acceptors (Lipinski definition) is 3. The smallest absolute Gasteiger partial charge is 0.321 e. The number of halogens is 1. The summed E-state index contributed by atoms with van der Waals surface area (Å²) in [6.07, 6.45) is 1.29. The van der Waals surface area contributed by atoms with Crippen molar-refractivity contribution in [2.45, 2.75) is 19.8 Å². The maximum atomic E-state index is 12.5. The Bertz CT molecular complexity index is 812. The van der Waals surface area contributed by atoms with Gasteiger partial charge in [-0.25, -0.2) is 4.79 Å². The molecule has 6 heteroatoms. The molecule has 1 aliphatic rings. The van der Waals surface area contributed by atoms with Crippen LogP contribution in [-0.2, 0) is 0 Å². The molecule has 0 spiro atoms. The molecule has 136 valence electrons. The number of aromatic hydroxyl groups is 1. The standard InChI is InChI=1S/C20H21BrN2O3/c1-13-12-16(4-7-18(13)21)22-20(26)23-10-8-15(9-11-23)19(25)14-2-5-17(24)6-3-14/h2-7,12,15,24H,8-11H2,1H3,(H,22,26). The van der Waals surface area contributed by atoms with Crippen LogP contribution in [0.1, 0.15) is 28.8 Å². The van der Waals surface area contributed by atoms with E-state index in [0.717, 1.165) is 15.7 Å². The molecular weight excluding hydrogens is 396 g/mol. The molecule has 0 aromatic heterocycles. The highest BCUT2D eigenvalue weighted by atomic mass is 79.9. The van der Waals surface area contributed by atoms with Crippen LogP contribution in [0, 0.1) is 12.8 Å². The Kier molecular flexibility index (Phi) is 5.61. The van der Waals surface area contributed by atoms with Gasteiger partial charge in [0.2, 0.25) is 0 Å². The minimum absolute atomic E-state index is 0.0774. The lowest BCUT2D eigenvalue weighted by Crippen LogP contribution is -2.42. The highest BCUT2D eigenvalue weighted by Crippen LogP contribution is 2.24. The number of rotatable bonds is 3. The Morgan fingerprint density at radius 2 is 1.77 bits per heavy atom. The van der Waals surface area contributed by atoms with Crippen LogP contribution in [0.5, 0.6) is 5.75 Å². The van der Waals surface area contributed by atoms with Gasteiger partial charge in [-0.1, -0.05) is 15.9 Å². The number of nitrogens with zero attached hydrogens (tertiary/aromatic N) is 1. The number of hydrogen-bond donors (Lipinski definition) is 2. The highest BCUT2D eigenvalue weighted by Gasteiger charge is 2.28. The first-order valence-electron chi connectivity index (χ1n) is 8.59. The first kappa shape index (κ1) is 18.5. The zero-order valence-electron chi connectivity index (χ0n) is 14.5. The van der Waals surface area contributed by atoms with Gasteiger partial charge in [0.15, 0.2) is 5.78 Å². The van der Waals surface area contributed by atoms with Crippen LogP contribution in [0.15, 0.2) is 46.9 Å². The van der Waals surface area contributed by atoms with E-state index >= 15 is 0 Å². The molecule has 2 aromatic rings. The lowest BCUT2D eigenvalue weighted by atomic mass is 9.89. The molecule has 2 N–H and O–H groups in total. The van der Waals surface area contributed by atoms with Gasteiger partial charge in [0.1, 0.15) is 5.75 Å². The lowest BCUT2D eigenvalue weighted by Gasteiger charge is -2.31. The van der Waals surface area contributed by atoms with Crippen molar-refractivity contribution >= 4 is 33.4 Å². The molecule has 0 saturated carbocycles. The van der Waals surface area contributed by atoms with E-state index in [9.17, 15) is 14.7 Å². The first-order valence-corrected chi connectivity index (χ1v) is 9.38. The van der Waals surface area contributed by atoms with E-state index in [-0.39, 0.29) is 23.5 Å². The maximum Gasteiger partial charge on any atom is 0.321 e. The van der Waals surface area contributed by atoms with Crippen LogP contribution in [0.3, 0.4) is 0 Å². The van der Waals surface area contributed by atoms with Gasteiger partial charge < -0.3 is 15.3 Å². The summed E-state index contributed by atoms with van der Waals surface area (Å²) < 4.78 is 1.00. The maximum absolute atomic E-state index is 12.5. The molecule has 3 rings (SSSR count). The van der Waals surface area contributed by atoms with Crippen molar-refractivity contribution in [3.8, 4) is 5.75 Å². The van der Waals surface area contributed by atoms with Crippen LogP contribution in [0.25, 0.3) is 0 Å². The van der Waals surface area contributed by atoms with Crippen LogP contribution in [0.4, 0.5) is 10.5 Å². The molecular formula is C20H21BrN2O3. The third-order valence-electron chi connectivity index (χ3n) is 4.71. The minimum Gasteiger partial charge on any atom is -0.508 e. The minimum atomic E-state index is -0.137. The summed E-state index contributed by atoms with van der Waals surface area (Å²) in [6.45, 7) is 3.08.